The third kappa shape index (κ3) is 4.76. The highest BCUT2D eigenvalue weighted by atomic mass is 31.2. The molecule has 0 saturated carbocycles. The lowest BCUT2D eigenvalue weighted by Crippen LogP contribution is -2.33. The average Bonchev–Trinajstić information content (AvgIpc) is 2.45. The van der Waals surface area contributed by atoms with Gasteiger partial charge in [-0.25, -0.2) is 0 Å². The van der Waals surface area contributed by atoms with Crippen molar-refractivity contribution in [3.63, 3.8) is 0 Å². The van der Waals surface area contributed by atoms with Crippen LogP contribution >= 0.6 is 7.60 Å². The Kier molecular flexibility index (Phi) is 6.18. The van der Waals surface area contributed by atoms with Crippen LogP contribution in [0, 0.1) is 0 Å². The molecule has 0 aliphatic rings. The van der Waals surface area contributed by atoms with Gasteiger partial charge in [-0.3, -0.25) is 9.36 Å². The molecule has 2 N–H and O–H groups in total. The Hall–Kier alpha value is -1.20. The van der Waals surface area contributed by atoms with Crippen molar-refractivity contribution in [2.24, 2.45) is 0 Å². The zero-order chi connectivity index (χ0) is 14.3. The second-order valence-corrected chi connectivity index (χ2v) is 6.12. The predicted octanol–water partition coefficient (Wildman–Crippen LogP) is 1.32. The minimum atomic E-state index is -3.39. The lowest BCUT2D eigenvalue weighted by molar-refractivity contribution is -0.119. The molecule has 0 bridgehead atoms. The molecular formula is C12H18NO5P. The molecule has 1 rings (SSSR count). The Morgan fingerprint density at radius 2 is 1.89 bits per heavy atom. The summed E-state index contributed by atoms with van der Waals surface area (Å²) in [6.45, 7) is -0.250. The highest BCUT2D eigenvalue weighted by Crippen LogP contribution is 2.45. The summed E-state index contributed by atoms with van der Waals surface area (Å²) in [5, 5.41) is 11.9. The summed E-state index contributed by atoms with van der Waals surface area (Å²) in [6, 6.07) is 8.47. The Bertz CT molecular complexity index is 443. The van der Waals surface area contributed by atoms with Gasteiger partial charge in [0.1, 0.15) is 6.16 Å². The Morgan fingerprint density at radius 3 is 2.37 bits per heavy atom. The van der Waals surface area contributed by atoms with Gasteiger partial charge >= 0.3 is 7.60 Å². The largest absolute Gasteiger partial charge is 0.394 e. The lowest BCUT2D eigenvalue weighted by Gasteiger charge is -2.18. The number of benzene rings is 1. The van der Waals surface area contributed by atoms with Crippen molar-refractivity contribution in [3.05, 3.63) is 35.9 Å². The second kappa shape index (κ2) is 7.40. The standard InChI is InChI=1S/C12H18NO5P/c1-17-19(16,18-2)9-12(15)13-11(8-14)10-6-4-3-5-7-10/h3-7,11,14H,8-9H2,1-2H3,(H,13,15)/t11-/m1/s1. The summed E-state index contributed by atoms with van der Waals surface area (Å²) in [7, 11) is -0.948. The van der Waals surface area contributed by atoms with Crippen LogP contribution in [-0.2, 0) is 18.4 Å². The maximum Gasteiger partial charge on any atom is 0.339 e. The van der Waals surface area contributed by atoms with E-state index in [0.717, 1.165) is 5.56 Å². The van der Waals surface area contributed by atoms with E-state index in [4.69, 9.17) is 0 Å². The number of hydrogen-bond donors (Lipinski definition) is 2. The summed E-state index contributed by atoms with van der Waals surface area (Å²) in [4.78, 5) is 11.8. The highest BCUT2D eigenvalue weighted by Gasteiger charge is 2.26. The number of aliphatic hydroxyl groups excluding tert-OH is 1. The van der Waals surface area contributed by atoms with Crippen LogP contribution in [0.3, 0.4) is 0 Å². The third-order valence-corrected chi connectivity index (χ3v) is 4.40. The number of amides is 1. The number of carbonyl (C=O) groups excluding carboxylic acids is 1. The van der Waals surface area contributed by atoms with E-state index in [1.165, 1.54) is 14.2 Å². The molecule has 0 fully saturated rings. The smallest absolute Gasteiger partial charge is 0.339 e. The minimum absolute atomic E-state index is 0.250. The van der Waals surface area contributed by atoms with Crippen LogP contribution in [0.5, 0.6) is 0 Å². The molecule has 0 spiro atoms. The number of carbonyl (C=O) groups is 1. The van der Waals surface area contributed by atoms with Gasteiger partial charge in [0.25, 0.3) is 0 Å². The first-order chi connectivity index (χ1) is 9.04. The zero-order valence-electron chi connectivity index (χ0n) is 10.9. The molecule has 0 aliphatic carbocycles. The molecule has 1 amide bonds. The number of hydrogen-bond acceptors (Lipinski definition) is 5. The van der Waals surface area contributed by atoms with Crippen LogP contribution in [0.4, 0.5) is 0 Å². The monoisotopic (exact) mass is 287 g/mol. The third-order valence-electron chi connectivity index (χ3n) is 2.61. The van der Waals surface area contributed by atoms with Crippen LogP contribution in [-0.4, -0.2) is 38.0 Å². The maximum absolute atomic E-state index is 11.8. The summed E-state index contributed by atoms with van der Waals surface area (Å²) in [5.41, 5.74) is 0.767. The average molecular weight is 287 g/mol. The molecule has 0 radical (unpaired) electrons. The fourth-order valence-electron chi connectivity index (χ4n) is 1.54. The summed E-state index contributed by atoms with van der Waals surface area (Å²) >= 11 is 0. The van der Waals surface area contributed by atoms with Gasteiger partial charge in [0.15, 0.2) is 0 Å². The lowest BCUT2D eigenvalue weighted by atomic mass is 10.1. The Balaban J connectivity index is 2.67. The predicted molar refractivity (Wildman–Crippen MR) is 70.9 cm³/mol. The summed E-state index contributed by atoms with van der Waals surface area (Å²) < 4.78 is 21.2. The minimum Gasteiger partial charge on any atom is -0.394 e. The van der Waals surface area contributed by atoms with E-state index in [1.807, 2.05) is 6.07 Å². The van der Waals surface area contributed by atoms with Gasteiger partial charge in [-0.1, -0.05) is 30.3 Å². The van der Waals surface area contributed by atoms with Crippen LogP contribution in [0.1, 0.15) is 11.6 Å². The Morgan fingerprint density at radius 1 is 1.32 bits per heavy atom. The number of nitrogens with one attached hydrogen (secondary N) is 1. The van der Waals surface area contributed by atoms with Crippen molar-refractivity contribution in [2.45, 2.75) is 6.04 Å². The van der Waals surface area contributed by atoms with Crippen LogP contribution in [0.15, 0.2) is 30.3 Å². The van der Waals surface area contributed by atoms with Gasteiger partial charge in [-0.05, 0) is 5.56 Å². The first kappa shape index (κ1) is 15.9. The van der Waals surface area contributed by atoms with Crippen molar-refractivity contribution in [3.8, 4) is 0 Å². The molecule has 19 heavy (non-hydrogen) atoms. The maximum atomic E-state index is 11.8. The van der Waals surface area contributed by atoms with Crippen LogP contribution < -0.4 is 5.32 Å². The molecule has 0 aromatic heterocycles. The highest BCUT2D eigenvalue weighted by molar-refractivity contribution is 7.54. The van der Waals surface area contributed by atoms with Crippen molar-refractivity contribution in [1.82, 2.24) is 5.32 Å². The first-order valence-corrected chi connectivity index (χ1v) is 7.43. The molecule has 1 atom stereocenters. The summed E-state index contributed by atoms with van der Waals surface area (Å²) in [5.74, 6) is -0.505. The quantitative estimate of drug-likeness (QED) is 0.739. The molecule has 0 unspecified atom stereocenters. The van der Waals surface area contributed by atoms with Crippen molar-refractivity contribution >= 4 is 13.5 Å². The molecule has 6 nitrogen and oxygen atoms in total. The number of aliphatic hydroxyl groups is 1. The molecule has 0 heterocycles. The van der Waals surface area contributed by atoms with E-state index in [0.29, 0.717) is 0 Å². The molecular weight excluding hydrogens is 269 g/mol. The molecule has 0 saturated heterocycles. The zero-order valence-corrected chi connectivity index (χ0v) is 11.8. The molecule has 106 valence electrons. The Labute approximate surface area is 112 Å². The van der Waals surface area contributed by atoms with E-state index >= 15 is 0 Å². The van der Waals surface area contributed by atoms with Gasteiger partial charge < -0.3 is 19.5 Å². The van der Waals surface area contributed by atoms with Gasteiger partial charge in [0.2, 0.25) is 5.91 Å². The second-order valence-electron chi connectivity index (χ2n) is 3.85. The number of rotatable bonds is 7. The van der Waals surface area contributed by atoms with E-state index in [2.05, 4.69) is 14.4 Å². The topological polar surface area (TPSA) is 84.9 Å². The fraction of sp³-hybridized carbons (Fsp3) is 0.417. The first-order valence-electron chi connectivity index (χ1n) is 5.70. The van der Waals surface area contributed by atoms with E-state index in [1.54, 1.807) is 24.3 Å². The van der Waals surface area contributed by atoms with Crippen LogP contribution in [0.2, 0.25) is 0 Å². The SMILES string of the molecule is COP(=O)(CC(=O)N[C@H](CO)c1ccccc1)OC. The fourth-order valence-corrected chi connectivity index (χ4v) is 2.39. The van der Waals surface area contributed by atoms with Crippen molar-refractivity contribution < 1.29 is 23.5 Å². The normalized spacial score (nSPS) is 13.0. The van der Waals surface area contributed by atoms with Gasteiger partial charge in [-0.2, -0.15) is 0 Å². The summed E-state index contributed by atoms with van der Waals surface area (Å²) in [6.07, 6.45) is -0.386. The van der Waals surface area contributed by atoms with Crippen molar-refractivity contribution in [2.75, 3.05) is 27.0 Å². The van der Waals surface area contributed by atoms with Gasteiger partial charge in [-0.15, -0.1) is 0 Å². The van der Waals surface area contributed by atoms with Gasteiger partial charge in [0.05, 0.1) is 12.6 Å². The van der Waals surface area contributed by atoms with E-state index < -0.39 is 19.5 Å². The molecule has 0 aliphatic heterocycles. The van der Waals surface area contributed by atoms with E-state index in [9.17, 15) is 14.5 Å². The molecule has 1 aromatic rings. The van der Waals surface area contributed by atoms with E-state index in [-0.39, 0.29) is 12.8 Å². The van der Waals surface area contributed by atoms with Crippen molar-refractivity contribution in [1.29, 1.82) is 0 Å². The van der Waals surface area contributed by atoms with Crippen LogP contribution in [0.25, 0.3) is 0 Å². The molecule has 7 heteroatoms. The molecule has 1 aromatic carbocycles. The van der Waals surface area contributed by atoms with Gasteiger partial charge in [0, 0.05) is 14.2 Å².